The van der Waals surface area contributed by atoms with Crippen LogP contribution in [0.4, 0.5) is 14.7 Å². The summed E-state index contributed by atoms with van der Waals surface area (Å²) in [5.41, 5.74) is 1.87. The van der Waals surface area contributed by atoms with E-state index in [9.17, 15) is 13.6 Å². The van der Waals surface area contributed by atoms with E-state index in [2.05, 4.69) is 15.1 Å². The molecule has 4 rings (SSSR count). The Labute approximate surface area is 166 Å². The lowest BCUT2D eigenvalue weighted by Gasteiger charge is -2.29. The van der Waals surface area contributed by atoms with Crippen LogP contribution in [-0.4, -0.2) is 32.8 Å². The van der Waals surface area contributed by atoms with Crippen LogP contribution in [0, 0.1) is 11.6 Å². The molecular weight excluding hydrogens is 376 g/mol. The molecule has 0 bridgehead atoms. The van der Waals surface area contributed by atoms with Crippen molar-refractivity contribution >= 4 is 23.1 Å². The van der Waals surface area contributed by atoms with Crippen molar-refractivity contribution < 1.29 is 8.78 Å². The number of benzene rings is 1. The van der Waals surface area contributed by atoms with Crippen LogP contribution in [0.5, 0.6) is 0 Å². The molecule has 6 nitrogen and oxygen atoms in total. The molecule has 1 saturated heterocycles. The second-order valence-electron chi connectivity index (χ2n) is 8.32. The fourth-order valence-corrected chi connectivity index (χ4v) is 3.54. The van der Waals surface area contributed by atoms with Gasteiger partial charge >= 0.3 is 0 Å². The van der Waals surface area contributed by atoms with Gasteiger partial charge in [-0.15, -0.1) is 0 Å². The summed E-state index contributed by atoms with van der Waals surface area (Å²) < 4.78 is 28.3. The Morgan fingerprint density at radius 1 is 1.14 bits per heavy atom. The number of fused-ring (bicyclic) bond motifs is 1. The van der Waals surface area contributed by atoms with Gasteiger partial charge in [0.1, 0.15) is 5.39 Å². The van der Waals surface area contributed by atoms with Crippen LogP contribution in [0.1, 0.15) is 39.2 Å². The Morgan fingerprint density at radius 2 is 1.86 bits per heavy atom. The summed E-state index contributed by atoms with van der Waals surface area (Å²) >= 11 is 0. The minimum Gasteiger partial charge on any atom is -0.342 e. The van der Waals surface area contributed by atoms with Gasteiger partial charge in [-0.3, -0.25) is 9.78 Å². The first-order valence-corrected chi connectivity index (χ1v) is 9.60. The molecule has 1 aliphatic heterocycles. The molecule has 1 fully saturated rings. The third kappa shape index (κ3) is 3.79. The third-order valence-corrected chi connectivity index (χ3v) is 5.08. The van der Waals surface area contributed by atoms with Crippen LogP contribution in [0.15, 0.2) is 34.8 Å². The van der Waals surface area contributed by atoms with E-state index < -0.39 is 11.6 Å². The van der Waals surface area contributed by atoms with E-state index >= 15 is 0 Å². The molecule has 0 unspecified atom stereocenters. The zero-order valence-electron chi connectivity index (χ0n) is 16.7. The first-order chi connectivity index (χ1) is 13.7. The lowest BCUT2D eigenvalue weighted by atomic mass is 10.0. The maximum atomic E-state index is 13.4. The number of halogens is 2. The maximum absolute atomic E-state index is 13.4. The average Bonchev–Trinajstić information content (AvgIpc) is 3.10. The SMILES string of the molecule is CC(C)(C)n1ncc2c(=O)[nH]c(N3CCC(=Cc4ccc(F)c(F)c4)CC3)nc21. The smallest absolute Gasteiger partial charge is 0.263 e. The van der Waals surface area contributed by atoms with Crippen molar-refractivity contribution in [3.8, 4) is 0 Å². The number of hydrogen-bond donors (Lipinski definition) is 1. The summed E-state index contributed by atoms with van der Waals surface area (Å²) in [6, 6.07) is 3.91. The highest BCUT2D eigenvalue weighted by Crippen LogP contribution is 2.24. The first-order valence-electron chi connectivity index (χ1n) is 9.60. The molecule has 0 amide bonds. The van der Waals surface area contributed by atoms with E-state index in [1.165, 1.54) is 6.07 Å². The highest BCUT2D eigenvalue weighted by molar-refractivity contribution is 5.74. The van der Waals surface area contributed by atoms with Crippen molar-refractivity contribution in [2.45, 2.75) is 39.2 Å². The molecular formula is C21H23F2N5O. The molecule has 0 radical (unpaired) electrons. The number of aromatic amines is 1. The Balaban J connectivity index is 1.57. The standard InChI is InChI=1S/C21H23F2N5O/c1-21(2,3)28-18-15(12-24-28)19(29)26-20(25-18)27-8-6-13(7-9-27)10-14-4-5-16(22)17(23)11-14/h4-5,10-12H,6-9H2,1-3H3,(H,25,26,29). The van der Waals surface area contributed by atoms with Gasteiger partial charge < -0.3 is 4.90 Å². The minimum absolute atomic E-state index is 0.205. The highest BCUT2D eigenvalue weighted by Gasteiger charge is 2.22. The number of rotatable bonds is 2. The van der Waals surface area contributed by atoms with Gasteiger partial charge in [0.2, 0.25) is 5.95 Å². The molecule has 29 heavy (non-hydrogen) atoms. The number of anilines is 1. The topological polar surface area (TPSA) is 66.8 Å². The summed E-state index contributed by atoms with van der Waals surface area (Å²) in [6.45, 7) is 7.38. The van der Waals surface area contributed by atoms with Crippen molar-refractivity contribution in [3.05, 3.63) is 57.5 Å². The van der Waals surface area contributed by atoms with Gasteiger partial charge in [0.25, 0.3) is 5.56 Å². The molecule has 152 valence electrons. The van der Waals surface area contributed by atoms with E-state index in [4.69, 9.17) is 0 Å². The van der Waals surface area contributed by atoms with Gasteiger partial charge in [-0.05, 0) is 51.3 Å². The molecule has 8 heteroatoms. The quantitative estimate of drug-likeness (QED) is 0.711. The van der Waals surface area contributed by atoms with E-state index in [-0.39, 0.29) is 11.1 Å². The number of nitrogens with zero attached hydrogens (tertiary/aromatic N) is 4. The van der Waals surface area contributed by atoms with Crippen molar-refractivity contribution in [1.82, 2.24) is 19.7 Å². The predicted octanol–water partition coefficient (Wildman–Crippen LogP) is 3.84. The van der Waals surface area contributed by atoms with Gasteiger partial charge in [-0.2, -0.15) is 10.1 Å². The predicted molar refractivity (Wildman–Crippen MR) is 109 cm³/mol. The summed E-state index contributed by atoms with van der Waals surface area (Å²) in [6.07, 6.45) is 4.95. The lowest BCUT2D eigenvalue weighted by Crippen LogP contribution is -2.33. The van der Waals surface area contributed by atoms with E-state index in [1.54, 1.807) is 16.9 Å². The Morgan fingerprint density at radius 3 is 2.52 bits per heavy atom. The highest BCUT2D eigenvalue weighted by atomic mass is 19.2. The second-order valence-corrected chi connectivity index (χ2v) is 8.32. The van der Waals surface area contributed by atoms with Crippen LogP contribution in [-0.2, 0) is 5.54 Å². The van der Waals surface area contributed by atoms with Crippen LogP contribution in [0.3, 0.4) is 0 Å². The van der Waals surface area contributed by atoms with Crippen LogP contribution in [0.25, 0.3) is 17.1 Å². The molecule has 1 N–H and O–H groups in total. The summed E-state index contributed by atoms with van der Waals surface area (Å²) in [4.78, 5) is 22.1. The summed E-state index contributed by atoms with van der Waals surface area (Å²) in [5.74, 6) is -1.16. The Hall–Kier alpha value is -3.03. The van der Waals surface area contributed by atoms with Crippen LogP contribution in [0.2, 0.25) is 0 Å². The van der Waals surface area contributed by atoms with Gasteiger partial charge in [0, 0.05) is 13.1 Å². The molecule has 1 aromatic carbocycles. The van der Waals surface area contributed by atoms with Crippen molar-refractivity contribution in [2.75, 3.05) is 18.0 Å². The number of aromatic nitrogens is 4. The van der Waals surface area contributed by atoms with Crippen LogP contribution >= 0.6 is 0 Å². The molecule has 2 aromatic heterocycles. The van der Waals surface area contributed by atoms with E-state index in [0.717, 1.165) is 24.5 Å². The molecule has 0 aliphatic carbocycles. The molecule has 1 aliphatic rings. The fraction of sp³-hybridized carbons (Fsp3) is 0.381. The van der Waals surface area contributed by atoms with Gasteiger partial charge in [0.15, 0.2) is 17.3 Å². The number of piperidine rings is 1. The summed E-state index contributed by atoms with van der Waals surface area (Å²) in [5, 5.41) is 4.81. The molecule has 0 atom stereocenters. The third-order valence-electron chi connectivity index (χ3n) is 5.08. The fourth-order valence-electron chi connectivity index (χ4n) is 3.54. The number of H-pyrrole nitrogens is 1. The van der Waals surface area contributed by atoms with Gasteiger partial charge in [0.05, 0.1) is 11.7 Å². The van der Waals surface area contributed by atoms with Gasteiger partial charge in [-0.25, -0.2) is 13.5 Å². The largest absolute Gasteiger partial charge is 0.342 e. The molecule has 3 aromatic rings. The Kier molecular flexibility index (Phi) is 4.72. The summed E-state index contributed by atoms with van der Waals surface area (Å²) in [7, 11) is 0. The molecule has 0 spiro atoms. The minimum atomic E-state index is -0.845. The van der Waals surface area contributed by atoms with E-state index in [0.29, 0.717) is 35.6 Å². The van der Waals surface area contributed by atoms with Crippen LogP contribution < -0.4 is 10.5 Å². The van der Waals surface area contributed by atoms with Crippen molar-refractivity contribution in [3.63, 3.8) is 0 Å². The maximum Gasteiger partial charge on any atom is 0.263 e. The normalized spacial score (nSPS) is 15.2. The number of hydrogen-bond acceptors (Lipinski definition) is 4. The zero-order chi connectivity index (χ0) is 20.8. The molecule has 3 heterocycles. The van der Waals surface area contributed by atoms with E-state index in [1.807, 2.05) is 31.7 Å². The lowest BCUT2D eigenvalue weighted by molar-refractivity contribution is 0.366. The molecule has 0 saturated carbocycles. The van der Waals surface area contributed by atoms with Crippen molar-refractivity contribution in [2.24, 2.45) is 0 Å². The van der Waals surface area contributed by atoms with Gasteiger partial charge in [-0.1, -0.05) is 17.7 Å². The zero-order valence-corrected chi connectivity index (χ0v) is 16.7. The first kappa shape index (κ1) is 19.3. The Bertz CT molecular complexity index is 1150. The van der Waals surface area contributed by atoms with Crippen molar-refractivity contribution in [1.29, 1.82) is 0 Å². The number of nitrogens with one attached hydrogen (secondary N) is 1. The average molecular weight is 399 g/mol. The second kappa shape index (κ2) is 7.09. The monoisotopic (exact) mass is 399 g/mol.